The number of hydrogen-bond donors (Lipinski definition) is 1. The van der Waals surface area contributed by atoms with Gasteiger partial charge < -0.3 is 5.11 Å². The van der Waals surface area contributed by atoms with Crippen molar-refractivity contribution >= 4 is 12.3 Å². The summed E-state index contributed by atoms with van der Waals surface area (Å²) in [5.41, 5.74) is 1.49. The molecule has 0 aromatic carbocycles. The van der Waals surface area contributed by atoms with Gasteiger partial charge in [0.15, 0.2) is 0 Å². The van der Waals surface area contributed by atoms with E-state index < -0.39 is 5.97 Å². The topological polar surface area (TPSA) is 54.4 Å². The van der Waals surface area contributed by atoms with Crippen molar-refractivity contribution in [3.63, 3.8) is 0 Å². The number of carbonyl (C=O) groups is 2. The highest BCUT2D eigenvalue weighted by Crippen LogP contribution is 2.05. The summed E-state index contributed by atoms with van der Waals surface area (Å²) in [6.45, 7) is 3.49. The number of carbonyl (C=O) groups excluding carboxylic acids is 1. The van der Waals surface area contributed by atoms with Gasteiger partial charge >= 0.3 is 5.97 Å². The number of carboxylic acids is 1. The fourth-order valence-corrected chi connectivity index (χ4v) is 0.859. The van der Waals surface area contributed by atoms with Gasteiger partial charge in [-0.25, -0.2) is 4.79 Å². The molecule has 0 aromatic heterocycles. The zero-order chi connectivity index (χ0) is 10.3. The van der Waals surface area contributed by atoms with Crippen molar-refractivity contribution in [3.8, 4) is 0 Å². The molecule has 0 fully saturated rings. The summed E-state index contributed by atoms with van der Waals surface area (Å²) >= 11 is 0. The molecule has 13 heavy (non-hydrogen) atoms. The van der Waals surface area contributed by atoms with E-state index in [4.69, 9.17) is 5.11 Å². The Morgan fingerprint density at radius 3 is 2.46 bits per heavy atom. The zero-order valence-corrected chi connectivity index (χ0v) is 7.91. The van der Waals surface area contributed by atoms with Gasteiger partial charge in [-0.1, -0.05) is 11.6 Å². The highest BCUT2D eigenvalue weighted by atomic mass is 16.4. The lowest BCUT2D eigenvalue weighted by atomic mass is 10.1. The number of aliphatic carboxylic acids is 1. The van der Waals surface area contributed by atoms with Crippen LogP contribution in [0, 0.1) is 0 Å². The van der Waals surface area contributed by atoms with E-state index in [1.165, 1.54) is 6.08 Å². The highest BCUT2D eigenvalue weighted by molar-refractivity contribution is 5.80. The minimum atomic E-state index is -0.923. The van der Waals surface area contributed by atoms with Crippen molar-refractivity contribution in [2.24, 2.45) is 0 Å². The second-order valence-electron chi connectivity index (χ2n) is 2.93. The molecule has 0 atom stereocenters. The van der Waals surface area contributed by atoms with Crippen molar-refractivity contribution in [1.82, 2.24) is 0 Å². The SMILES string of the molecule is CC(C=O)=CCC/C(C)=C\C(=O)O. The molecule has 3 heteroatoms. The monoisotopic (exact) mass is 182 g/mol. The van der Waals surface area contributed by atoms with Crippen LogP contribution in [0.2, 0.25) is 0 Å². The van der Waals surface area contributed by atoms with Gasteiger partial charge in [0.2, 0.25) is 0 Å². The molecule has 0 heterocycles. The zero-order valence-electron chi connectivity index (χ0n) is 7.91. The minimum absolute atomic E-state index is 0.678. The van der Waals surface area contributed by atoms with Crippen molar-refractivity contribution in [3.05, 3.63) is 23.3 Å². The van der Waals surface area contributed by atoms with Gasteiger partial charge in [0, 0.05) is 6.08 Å². The molecule has 0 aromatic rings. The molecule has 1 N–H and O–H groups in total. The first-order chi connectivity index (χ1) is 6.06. The van der Waals surface area contributed by atoms with E-state index in [2.05, 4.69) is 0 Å². The van der Waals surface area contributed by atoms with Gasteiger partial charge in [-0.05, 0) is 32.3 Å². The predicted octanol–water partition coefficient (Wildman–Crippen LogP) is 1.94. The predicted molar refractivity (Wildman–Crippen MR) is 50.4 cm³/mol. The van der Waals surface area contributed by atoms with Crippen LogP contribution in [-0.2, 0) is 9.59 Å². The maximum atomic E-state index is 10.2. The second-order valence-corrected chi connectivity index (χ2v) is 2.93. The molecule has 0 aliphatic heterocycles. The first-order valence-corrected chi connectivity index (χ1v) is 4.08. The number of aldehydes is 1. The molecular formula is C10H14O3. The summed E-state index contributed by atoms with van der Waals surface area (Å²) in [6.07, 6.45) is 5.16. The van der Waals surface area contributed by atoms with Crippen molar-refractivity contribution in [1.29, 1.82) is 0 Å². The van der Waals surface area contributed by atoms with Gasteiger partial charge in [0.25, 0.3) is 0 Å². The van der Waals surface area contributed by atoms with Crippen molar-refractivity contribution in [2.45, 2.75) is 26.7 Å². The minimum Gasteiger partial charge on any atom is -0.478 e. The maximum absolute atomic E-state index is 10.2. The van der Waals surface area contributed by atoms with Crippen LogP contribution in [0.15, 0.2) is 23.3 Å². The lowest BCUT2D eigenvalue weighted by Crippen LogP contribution is -1.89. The molecule has 0 amide bonds. The fraction of sp³-hybridized carbons (Fsp3) is 0.400. The van der Waals surface area contributed by atoms with E-state index in [1.54, 1.807) is 19.9 Å². The van der Waals surface area contributed by atoms with Crippen molar-refractivity contribution in [2.75, 3.05) is 0 Å². The van der Waals surface area contributed by atoms with Crippen LogP contribution in [0.4, 0.5) is 0 Å². The Labute approximate surface area is 77.8 Å². The van der Waals surface area contributed by atoms with Gasteiger partial charge in [-0.2, -0.15) is 0 Å². The summed E-state index contributed by atoms with van der Waals surface area (Å²) in [7, 11) is 0. The molecule has 0 saturated heterocycles. The largest absolute Gasteiger partial charge is 0.478 e. The van der Waals surface area contributed by atoms with Crippen LogP contribution in [0.25, 0.3) is 0 Å². The number of carboxylic acid groups (broad SMARTS) is 1. The third-order valence-corrected chi connectivity index (χ3v) is 1.56. The third-order valence-electron chi connectivity index (χ3n) is 1.56. The summed E-state index contributed by atoms with van der Waals surface area (Å²) in [5.74, 6) is -0.923. The molecule has 0 saturated carbocycles. The van der Waals surface area contributed by atoms with Crippen LogP contribution >= 0.6 is 0 Å². The van der Waals surface area contributed by atoms with E-state index >= 15 is 0 Å². The van der Waals surface area contributed by atoms with Gasteiger partial charge in [0.1, 0.15) is 6.29 Å². The van der Waals surface area contributed by atoms with E-state index in [0.29, 0.717) is 18.4 Å². The summed E-state index contributed by atoms with van der Waals surface area (Å²) in [6, 6.07) is 0. The molecule has 0 aliphatic carbocycles. The molecule has 72 valence electrons. The van der Waals surface area contributed by atoms with Crippen LogP contribution in [0.5, 0.6) is 0 Å². The molecule has 3 nitrogen and oxygen atoms in total. The molecule has 0 radical (unpaired) electrons. The standard InChI is InChI=1S/C10H14O3/c1-8(6-10(12)13)4-3-5-9(2)7-11/h5-7H,3-4H2,1-2H3,(H,12,13)/b8-6-,9-5?. The normalized spacial score (nSPS) is 12.8. The molecule has 0 unspecified atom stereocenters. The Hall–Kier alpha value is -1.38. The Kier molecular flexibility index (Phi) is 5.52. The molecular weight excluding hydrogens is 168 g/mol. The second kappa shape index (κ2) is 6.17. The van der Waals surface area contributed by atoms with E-state index in [1.807, 2.05) is 0 Å². The smallest absolute Gasteiger partial charge is 0.328 e. The average molecular weight is 182 g/mol. The Balaban J connectivity index is 3.90. The number of allylic oxidation sites excluding steroid dienone is 3. The van der Waals surface area contributed by atoms with E-state index in [-0.39, 0.29) is 0 Å². The van der Waals surface area contributed by atoms with E-state index in [0.717, 1.165) is 11.9 Å². The highest BCUT2D eigenvalue weighted by Gasteiger charge is 1.93. The third kappa shape index (κ3) is 7.00. The van der Waals surface area contributed by atoms with Gasteiger partial charge in [-0.3, -0.25) is 4.79 Å². The van der Waals surface area contributed by atoms with Crippen molar-refractivity contribution < 1.29 is 14.7 Å². The number of hydrogen-bond acceptors (Lipinski definition) is 2. The van der Waals surface area contributed by atoms with Gasteiger partial charge in [0.05, 0.1) is 0 Å². The summed E-state index contributed by atoms with van der Waals surface area (Å²) in [5, 5.41) is 8.39. The number of rotatable bonds is 5. The lowest BCUT2D eigenvalue weighted by molar-refractivity contribution is -0.131. The molecule has 0 bridgehead atoms. The van der Waals surface area contributed by atoms with E-state index in [9.17, 15) is 9.59 Å². The molecule has 0 spiro atoms. The maximum Gasteiger partial charge on any atom is 0.328 e. The van der Waals surface area contributed by atoms with Crippen LogP contribution in [0.3, 0.4) is 0 Å². The Morgan fingerprint density at radius 2 is 2.00 bits per heavy atom. The Morgan fingerprint density at radius 1 is 1.38 bits per heavy atom. The Bertz CT molecular complexity index is 249. The van der Waals surface area contributed by atoms with Crippen LogP contribution in [-0.4, -0.2) is 17.4 Å². The van der Waals surface area contributed by atoms with Crippen LogP contribution in [0.1, 0.15) is 26.7 Å². The summed E-state index contributed by atoms with van der Waals surface area (Å²) in [4.78, 5) is 20.4. The molecule has 0 rings (SSSR count). The summed E-state index contributed by atoms with van der Waals surface area (Å²) < 4.78 is 0. The first kappa shape index (κ1) is 11.6. The van der Waals surface area contributed by atoms with Crippen LogP contribution < -0.4 is 0 Å². The molecule has 0 aliphatic rings. The first-order valence-electron chi connectivity index (χ1n) is 4.08. The lowest BCUT2D eigenvalue weighted by Gasteiger charge is -1.95. The fourth-order valence-electron chi connectivity index (χ4n) is 0.859. The van der Waals surface area contributed by atoms with Gasteiger partial charge in [-0.15, -0.1) is 0 Å². The average Bonchev–Trinajstić information content (AvgIpc) is 2.02. The quantitative estimate of drug-likeness (QED) is 0.522.